The van der Waals surface area contributed by atoms with Crippen molar-refractivity contribution in [2.45, 2.75) is 79.1 Å². The van der Waals surface area contributed by atoms with Crippen LogP contribution in [0.15, 0.2) is 41.6 Å². The fourth-order valence-electron chi connectivity index (χ4n) is 2.94. The lowest BCUT2D eigenvalue weighted by atomic mass is 9.88. The zero-order valence-corrected chi connectivity index (χ0v) is 15.0. The van der Waals surface area contributed by atoms with Crippen LogP contribution in [0.3, 0.4) is 0 Å². The van der Waals surface area contributed by atoms with E-state index in [0.717, 1.165) is 6.42 Å². The van der Waals surface area contributed by atoms with Gasteiger partial charge in [-0.15, -0.1) is 0 Å². The fraction of sp³-hybridized carbons (Fsp3) is 0.571. The minimum atomic E-state index is 1.12. The van der Waals surface area contributed by atoms with E-state index in [-0.39, 0.29) is 0 Å². The molecule has 0 amide bonds. The monoisotopic (exact) mass is 299 g/mol. The molecule has 1 rings (SSSR count). The average Bonchev–Trinajstić information content (AvgIpc) is 2.56. The Bertz CT molecular complexity index is 468. The predicted molar refractivity (Wildman–Crippen MR) is 98.9 cm³/mol. The molecule has 122 valence electrons. The number of aromatic nitrogens is 1. The first-order chi connectivity index (χ1) is 10.8. The number of unbranched alkanes of at least 4 members (excludes halogenated alkanes) is 1. The third-order valence-electron chi connectivity index (χ3n) is 3.92. The first-order valence-electron chi connectivity index (χ1n) is 9.11. The first-order valence-corrected chi connectivity index (χ1v) is 9.11. The van der Waals surface area contributed by atoms with Crippen LogP contribution in [0.2, 0.25) is 0 Å². The van der Waals surface area contributed by atoms with Crippen LogP contribution in [0.25, 0.3) is 5.57 Å². The Labute approximate surface area is 137 Å². The molecule has 1 aromatic rings. The van der Waals surface area contributed by atoms with E-state index in [2.05, 4.69) is 50.9 Å². The quantitative estimate of drug-likeness (QED) is 0.425. The van der Waals surface area contributed by atoms with Crippen molar-refractivity contribution in [2.75, 3.05) is 0 Å². The van der Waals surface area contributed by atoms with Gasteiger partial charge in [-0.05, 0) is 54.5 Å². The molecule has 0 saturated carbocycles. The summed E-state index contributed by atoms with van der Waals surface area (Å²) in [4.78, 5) is 4.64. The molecule has 1 aromatic heterocycles. The highest BCUT2D eigenvalue weighted by atomic mass is 14.7. The van der Waals surface area contributed by atoms with Gasteiger partial charge in [0, 0.05) is 6.20 Å². The molecule has 0 aliphatic rings. The van der Waals surface area contributed by atoms with Crippen molar-refractivity contribution in [3.8, 4) is 0 Å². The van der Waals surface area contributed by atoms with Crippen LogP contribution in [0.1, 0.15) is 84.8 Å². The molecular formula is C21H33N. The Morgan fingerprint density at radius 1 is 0.909 bits per heavy atom. The zero-order valence-electron chi connectivity index (χ0n) is 15.0. The summed E-state index contributed by atoms with van der Waals surface area (Å²) in [5, 5.41) is 0. The first kappa shape index (κ1) is 18.7. The van der Waals surface area contributed by atoms with E-state index in [1.165, 1.54) is 56.2 Å². The second-order valence-electron chi connectivity index (χ2n) is 5.94. The summed E-state index contributed by atoms with van der Waals surface area (Å²) < 4.78 is 0. The molecule has 0 saturated heterocycles. The molecule has 1 nitrogen and oxygen atoms in total. The van der Waals surface area contributed by atoms with Crippen molar-refractivity contribution < 1.29 is 0 Å². The normalized spacial score (nSPS) is 13.2. The number of hydrogen-bond acceptors (Lipinski definition) is 1. The molecular weight excluding hydrogens is 266 g/mol. The Morgan fingerprint density at radius 2 is 1.64 bits per heavy atom. The third kappa shape index (κ3) is 5.79. The van der Waals surface area contributed by atoms with Gasteiger partial charge in [-0.2, -0.15) is 0 Å². The molecule has 0 unspecified atom stereocenters. The van der Waals surface area contributed by atoms with Gasteiger partial charge in [0.2, 0.25) is 0 Å². The maximum absolute atomic E-state index is 4.64. The van der Waals surface area contributed by atoms with Gasteiger partial charge < -0.3 is 0 Å². The molecule has 1 heteroatoms. The van der Waals surface area contributed by atoms with E-state index in [4.69, 9.17) is 0 Å². The molecule has 0 aromatic carbocycles. The van der Waals surface area contributed by atoms with Gasteiger partial charge in [0.1, 0.15) is 0 Å². The van der Waals surface area contributed by atoms with E-state index in [1.807, 2.05) is 12.3 Å². The summed E-state index contributed by atoms with van der Waals surface area (Å²) in [6, 6.07) is 6.29. The van der Waals surface area contributed by atoms with Crippen molar-refractivity contribution in [2.24, 2.45) is 0 Å². The van der Waals surface area contributed by atoms with Gasteiger partial charge in [0.05, 0.1) is 5.69 Å². The van der Waals surface area contributed by atoms with Crippen LogP contribution in [-0.2, 0) is 0 Å². The highest BCUT2D eigenvalue weighted by Gasteiger charge is 2.13. The van der Waals surface area contributed by atoms with Gasteiger partial charge >= 0.3 is 0 Å². The molecule has 0 radical (unpaired) electrons. The Morgan fingerprint density at radius 3 is 2.18 bits per heavy atom. The van der Waals surface area contributed by atoms with Crippen LogP contribution >= 0.6 is 0 Å². The molecule has 0 atom stereocenters. The van der Waals surface area contributed by atoms with Crippen molar-refractivity contribution >= 4 is 5.57 Å². The topological polar surface area (TPSA) is 12.9 Å². The van der Waals surface area contributed by atoms with Gasteiger partial charge in [-0.25, -0.2) is 0 Å². The van der Waals surface area contributed by atoms with Gasteiger partial charge in [0.25, 0.3) is 0 Å². The van der Waals surface area contributed by atoms with Crippen LogP contribution in [0, 0.1) is 0 Å². The number of hydrogen-bond donors (Lipinski definition) is 0. The predicted octanol–water partition coefficient (Wildman–Crippen LogP) is 6.96. The molecule has 0 N–H and O–H groups in total. The van der Waals surface area contributed by atoms with Crippen molar-refractivity contribution in [1.29, 1.82) is 0 Å². The SMILES string of the molecule is CCC/C=C(CCC)/C(CCC)=C(/CCC)c1ccccn1. The Balaban J connectivity index is 3.34. The molecule has 0 fully saturated rings. The average molecular weight is 300 g/mol. The standard InChI is InChI=1S/C21H33N/c1-5-9-15-18(12-6-2)19(13-7-3)20(14-8-4)21-16-10-11-17-22-21/h10-11,15-17H,5-9,12-14H2,1-4H3/b18-15+,20-19-. The highest BCUT2D eigenvalue weighted by molar-refractivity contribution is 5.70. The second kappa shape index (κ2) is 11.2. The van der Waals surface area contributed by atoms with Gasteiger partial charge in [-0.1, -0.05) is 65.5 Å². The van der Waals surface area contributed by atoms with Crippen LogP contribution in [0.5, 0.6) is 0 Å². The molecule has 0 aliphatic carbocycles. The molecule has 22 heavy (non-hydrogen) atoms. The number of rotatable bonds is 10. The van der Waals surface area contributed by atoms with Gasteiger partial charge in [-0.3, -0.25) is 4.98 Å². The van der Waals surface area contributed by atoms with E-state index in [0.29, 0.717) is 0 Å². The molecule has 0 spiro atoms. The van der Waals surface area contributed by atoms with E-state index in [1.54, 1.807) is 11.1 Å². The molecule has 0 bridgehead atoms. The summed E-state index contributed by atoms with van der Waals surface area (Å²) in [7, 11) is 0. The minimum absolute atomic E-state index is 1.12. The van der Waals surface area contributed by atoms with Gasteiger partial charge in [0.15, 0.2) is 0 Å². The summed E-state index contributed by atoms with van der Waals surface area (Å²) in [6.45, 7) is 9.09. The minimum Gasteiger partial charge on any atom is -0.257 e. The van der Waals surface area contributed by atoms with Crippen LogP contribution < -0.4 is 0 Å². The van der Waals surface area contributed by atoms with Crippen molar-refractivity contribution in [1.82, 2.24) is 4.98 Å². The second-order valence-corrected chi connectivity index (χ2v) is 5.94. The Hall–Kier alpha value is -1.37. The van der Waals surface area contributed by atoms with E-state index in [9.17, 15) is 0 Å². The van der Waals surface area contributed by atoms with Crippen molar-refractivity contribution in [3.63, 3.8) is 0 Å². The largest absolute Gasteiger partial charge is 0.257 e. The van der Waals surface area contributed by atoms with Crippen LogP contribution in [0.4, 0.5) is 0 Å². The maximum Gasteiger partial charge on any atom is 0.0664 e. The van der Waals surface area contributed by atoms with E-state index >= 15 is 0 Å². The lowest BCUT2D eigenvalue weighted by Gasteiger charge is -2.18. The summed E-state index contributed by atoms with van der Waals surface area (Å²) in [6.07, 6.45) is 13.9. The smallest absolute Gasteiger partial charge is 0.0664 e. The Kier molecular flexibility index (Phi) is 9.54. The van der Waals surface area contributed by atoms with Crippen molar-refractivity contribution in [3.05, 3.63) is 47.3 Å². The lowest BCUT2D eigenvalue weighted by molar-refractivity contribution is 0.829. The molecule has 1 heterocycles. The third-order valence-corrected chi connectivity index (χ3v) is 3.92. The lowest BCUT2D eigenvalue weighted by Crippen LogP contribution is -1.99. The number of nitrogens with zero attached hydrogens (tertiary/aromatic N) is 1. The zero-order chi connectivity index (χ0) is 16.2. The number of allylic oxidation sites excluding steroid dienone is 4. The fourth-order valence-corrected chi connectivity index (χ4v) is 2.94. The number of pyridine rings is 1. The summed E-state index contributed by atoms with van der Waals surface area (Å²) in [5.74, 6) is 0. The van der Waals surface area contributed by atoms with Crippen LogP contribution in [-0.4, -0.2) is 4.98 Å². The summed E-state index contributed by atoms with van der Waals surface area (Å²) >= 11 is 0. The molecule has 0 aliphatic heterocycles. The highest BCUT2D eigenvalue weighted by Crippen LogP contribution is 2.32. The maximum atomic E-state index is 4.64. The van der Waals surface area contributed by atoms with E-state index < -0.39 is 0 Å². The summed E-state index contributed by atoms with van der Waals surface area (Å²) in [5.41, 5.74) is 5.78.